The van der Waals surface area contributed by atoms with Crippen LogP contribution < -0.4 is 0 Å². The predicted molar refractivity (Wildman–Crippen MR) is 68.7 cm³/mol. The van der Waals surface area contributed by atoms with Gasteiger partial charge < -0.3 is 9.84 Å². The lowest BCUT2D eigenvalue weighted by atomic mass is 9.88. The summed E-state index contributed by atoms with van der Waals surface area (Å²) in [6, 6.07) is 6.32. The predicted octanol–water partition coefficient (Wildman–Crippen LogP) is 2.77. The Morgan fingerprint density at radius 2 is 2.05 bits per heavy atom. The van der Waals surface area contributed by atoms with Crippen molar-refractivity contribution in [3.63, 3.8) is 0 Å². The number of nitrogens with zero attached hydrogens (tertiary/aromatic N) is 1. The summed E-state index contributed by atoms with van der Waals surface area (Å²) in [5, 5.41) is 17.8. The highest BCUT2D eigenvalue weighted by molar-refractivity contribution is 5.34. The monoisotopic (exact) mass is 263 g/mol. The summed E-state index contributed by atoms with van der Waals surface area (Å²) >= 11 is 0. The van der Waals surface area contributed by atoms with Gasteiger partial charge >= 0.3 is 0 Å². The molecule has 0 aliphatic heterocycles. The van der Waals surface area contributed by atoms with Gasteiger partial charge in [-0.2, -0.15) is 5.26 Å². The van der Waals surface area contributed by atoms with Crippen LogP contribution in [0, 0.1) is 23.1 Å². The van der Waals surface area contributed by atoms with Gasteiger partial charge in [0.15, 0.2) is 0 Å². The molecule has 0 unspecified atom stereocenters. The molecule has 102 valence electrons. The Labute approximate surface area is 112 Å². The molecule has 3 nitrogen and oxygen atoms in total. The van der Waals surface area contributed by atoms with E-state index in [2.05, 4.69) is 0 Å². The Morgan fingerprint density at radius 3 is 2.68 bits per heavy atom. The van der Waals surface area contributed by atoms with Crippen LogP contribution in [0.25, 0.3) is 0 Å². The first-order chi connectivity index (χ1) is 9.22. The minimum absolute atomic E-state index is 0.0603. The molecule has 1 aliphatic rings. The molecule has 1 aliphatic carbocycles. The zero-order valence-electron chi connectivity index (χ0n) is 10.8. The molecular weight excluding hydrogens is 245 g/mol. The van der Waals surface area contributed by atoms with Crippen molar-refractivity contribution in [3.8, 4) is 6.07 Å². The molecule has 1 N–H and O–H groups in total. The molecule has 1 saturated carbocycles. The molecule has 0 saturated heterocycles. The standard InChI is InChI=1S/C15H18FNO2/c16-15-6-3-12(7-13(15)8-17)10-19-14-4-1-11(9-18)2-5-14/h3,6-7,11,14,18H,1-2,4-5,9-10H2. The van der Waals surface area contributed by atoms with Crippen molar-refractivity contribution in [1.82, 2.24) is 0 Å². The maximum Gasteiger partial charge on any atom is 0.140 e. The van der Waals surface area contributed by atoms with E-state index >= 15 is 0 Å². The summed E-state index contributed by atoms with van der Waals surface area (Å²) in [6.45, 7) is 0.666. The smallest absolute Gasteiger partial charge is 0.140 e. The lowest BCUT2D eigenvalue weighted by Gasteiger charge is -2.27. The van der Waals surface area contributed by atoms with Gasteiger partial charge in [-0.15, -0.1) is 0 Å². The summed E-state index contributed by atoms with van der Waals surface area (Å²) in [7, 11) is 0. The molecule has 4 heteroatoms. The van der Waals surface area contributed by atoms with Crippen LogP contribution in [0.4, 0.5) is 4.39 Å². The first-order valence-electron chi connectivity index (χ1n) is 6.64. The first-order valence-corrected chi connectivity index (χ1v) is 6.64. The van der Waals surface area contributed by atoms with Gasteiger partial charge in [-0.1, -0.05) is 6.07 Å². The topological polar surface area (TPSA) is 53.2 Å². The molecule has 0 atom stereocenters. The maximum atomic E-state index is 13.2. The zero-order chi connectivity index (χ0) is 13.7. The molecule has 0 spiro atoms. The number of benzene rings is 1. The number of hydrogen-bond donors (Lipinski definition) is 1. The van der Waals surface area contributed by atoms with Crippen molar-refractivity contribution < 1.29 is 14.2 Å². The van der Waals surface area contributed by atoms with Crippen LogP contribution in [-0.2, 0) is 11.3 Å². The Bertz CT molecular complexity index is 462. The number of rotatable bonds is 4. The summed E-state index contributed by atoms with van der Waals surface area (Å²) in [6.07, 6.45) is 4.11. The summed E-state index contributed by atoms with van der Waals surface area (Å²) < 4.78 is 18.9. The van der Waals surface area contributed by atoms with Gasteiger partial charge in [-0.25, -0.2) is 4.39 Å². The third-order valence-corrected chi connectivity index (χ3v) is 3.69. The number of aliphatic hydroxyl groups is 1. The van der Waals surface area contributed by atoms with Gasteiger partial charge in [-0.3, -0.25) is 0 Å². The van der Waals surface area contributed by atoms with Crippen LogP contribution in [0.3, 0.4) is 0 Å². The van der Waals surface area contributed by atoms with Crippen molar-refractivity contribution in [2.75, 3.05) is 6.61 Å². The Balaban J connectivity index is 1.85. The Morgan fingerprint density at radius 1 is 1.32 bits per heavy atom. The molecule has 0 aromatic heterocycles. The van der Waals surface area contributed by atoms with E-state index in [9.17, 15) is 4.39 Å². The number of nitriles is 1. The Kier molecular flexibility index (Phi) is 4.89. The molecule has 1 aromatic rings. The van der Waals surface area contributed by atoms with E-state index in [4.69, 9.17) is 15.1 Å². The van der Waals surface area contributed by atoms with E-state index in [-0.39, 0.29) is 18.3 Å². The van der Waals surface area contributed by atoms with Crippen molar-refractivity contribution in [3.05, 3.63) is 35.1 Å². The summed E-state index contributed by atoms with van der Waals surface area (Å²) in [5.41, 5.74) is 0.882. The lowest BCUT2D eigenvalue weighted by Crippen LogP contribution is -2.23. The quantitative estimate of drug-likeness (QED) is 0.908. The molecule has 0 bridgehead atoms. The highest BCUT2D eigenvalue weighted by atomic mass is 19.1. The lowest BCUT2D eigenvalue weighted by molar-refractivity contribution is 0.00118. The molecule has 19 heavy (non-hydrogen) atoms. The van der Waals surface area contributed by atoms with E-state index in [0.717, 1.165) is 31.2 Å². The third-order valence-electron chi connectivity index (χ3n) is 3.69. The van der Waals surface area contributed by atoms with E-state index in [1.165, 1.54) is 12.1 Å². The average molecular weight is 263 g/mol. The molecule has 2 rings (SSSR count). The number of hydrogen-bond acceptors (Lipinski definition) is 3. The summed E-state index contributed by atoms with van der Waals surface area (Å²) in [5.74, 6) is -0.0782. The van der Waals surface area contributed by atoms with Gasteiger partial charge in [-0.05, 0) is 49.3 Å². The second kappa shape index (κ2) is 6.65. The number of halogens is 1. The molecule has 1 fully saturated rings. The molecule has 0 amide bonds. The van der Waals surface area contributed by atoms with Crippen LogP contribution in [0.1, 0.15) is 36.8 Å². The second-order valence-corrected chi connectivity index (χ2v) is 5.06. The second-order valence-electron chi connectivity index (χ2n) is 5.06. The highest BCUT2D eigenvalue weighted by Crippen LogP contribution is 2.26. The van der Waals surface area contributed by atoms with Gasteiger partial charge in [0.25, 0.3) is 0 Å². The largest absolute Gasteiger partial charge is 0.396 e. The van der Waals surface area contributed by atoms with Crippen LogP contribution in [0.2, 0.25) is 0 Å². The average Bonchev–Trinajstić information content (AvgIpc) is 2.47. The van der Waals surface area contributed by atoms with E-state index < -0.39 is 5.82 Å². The molecular formula is C15H18FNO2. The van der Waals surface area contributed by atoms with E-state index in [1.54, 1.807) is 6.07 Å². The Hall–Kier alpha value is -1.44. The van der Waals surface area contributed by atoms with Gasteiger partial charge in [0.2, 0.25) is 0 Å². The first kappa shape index (κ1) is 14.0. The SMILES string of the molecule is N#Cc1cc(COC2CCC(CO)CC2)ccc1F. The zero-order valence-corrected chi connectivity index (χ0v) is 10.8. The van der Waals surface area contributed by atoms with Crippen molar-refractivity contribution in [1.29, 1.82) is 5.26 Å². The van der Waals surface area contributed by atoms with E-state index in [0.29, 0.717) is 12.5 Å². The minimum atomic E-state index is -0.491. The minimum Gasteiger partial charge on any atom is -0.396 e. The van der Waals surface area contributed by atoms with Crippen molar-refractivity contribution >= 4 is 0 Å². The van der Waals surface area contributed by atoms with Gasteiger partial charge in [0.1, 0.15) is 11.9 Å². The van der Waals surface area contributed by atoms with Crippen LogP contribution in [-0.4, -0.2) is 17.8 Å². The van der Waals surface area contributed by atoms with Gasteiger partial charge in [0, 0.05) is 6.61 Å². The van der Waals surface area contributed by atoms with E-state index in [1.807, 2.05) is 6.07 Å². The fraction of sp³-hybridized carbons (Fsp3) is 0.533. The van der Waals surface area contributed by atoms with Crippen molar-refractivity contribution in [2.45, 2.75) is 38.4 Å². The molecule has 1 aromatic carbocycles. The summed E-state index contributed by atoms with van der Waals surface area (Å²) in [4.78, 5) is 0. The number of aliphatic hydroxyl groups excluding tert-OH is 1. The fourth-order valence-electron chi connectivity index (χ4n) is 2.44. The van der Waals surface area contributed by atoms with Crippen LogP contribution in [0.15, 0.2) is 18.2 Å². The van der Waals surface area contributed by atoms with Crippen LogP contribution >= 0.6 is 0 Å². The molecule has 0 heterocycles. The third kappa shape index (κ3) is 3.76. The maximum absolute atomic E-state index is 13.2. The van der Waals surface area contributed by atoms with Crippen LogP contribution in [0.5, 0.6) is 0 Å². The highest BCUT2D eigenvalue weighted by Gasteiger charge is 2.20. The molecule has 0 radical (unpaired) electrons. The van der Waals surface area contributed by atoms with Crippen molar-refractivity contribution in [2.24, 2.45) is 5.92 Å². The van der Waals surface area contributed by atoms with Gasteiger partial charge in [0.05, 0.1) is 18.3 Å². The number of ether oxygens (including phenoxy) is 1. The normalized spacial score (nSPS) is 23.0. The fourth-order valence-corrected chi connectivity index (χ4v) is 2.44.